The van der Waals surface area contributed by atoms with Gasteiger partial charge in [0.15, 0.2) is 0 Å². The van der Waals surface area contributed by atoms with Gasteiger partial charge in [0, 0.05) is 17.5 Å². The Morgan fingerprint density at radius 1 is 1.48 bits per heavy atom. The summed E-state index contributed by atoms with van der Waals surface area (Å²) < 4.78 is 5.27. The molecule has 0 aromatic carbocycles. The number of carboxylic acids is 1. The molecule has 0 aliphatic carbocycles. The number of nitrogens with zero attached hydrogens (tertiary/aromatic N) is 1. The van der Waals surface area contributed by atoms with Gasteiger partial charge in [-0.25, -0.2) is 4.79 Å². The quantitative estimate of drug-likeness (QED) is 0.881. The molecule has 23 heavy (non-hydrogen) atoms. The number of carbonyl (C=O) groups is 2. The summed E-state index contributed by atoms with van der Waals surface area (Å²) in [5.74, 6) is -0.856. The van der Waals surface area contributed by atoms with Crippen LogP contribution in [0.15, 0.2) is 17.5 Å². The van der Waals surface area contributed by atoms with Crippen molar-refractivity contribution < 1.29 is 19.4 Å². The molecule has 2 heterocycles. The zero-order valence-corrected chi connectivity index (χ0v) is 14.6. The van der Waals surface area contributed by atoms with E-state index in [1.54, 1.807) is 0 Å². The zero-order chi connectivity index (χ0) is 17.0. The number of piperidine rings is 1. The first-order valence-electron chi connectivity index (χ1n) is 7.76. The SMILES string of the molecule is CC(C)(C)OC(=O)N[C@@H]1CCCN([C@H](C(=O)O)c2cccs2)C1. The summed E-state index contributed by atoms with van der Waals surface area (Å²) in [6.45, 7) is 6.67. The number of aliphatic carboxylic acids is 1. The number of carbonyl (C=O) groups excluding carboxylic acids is 1. The molecule has 0 spiro atoms. The summed E-state index contributed by atoms with van der Waals surface area (Å²) in [6.07, 6.45) is 1.22. The topological polar surface area (TPSA) is 78.9 Å². The lowest BCUT2D eigenvalue weighted by atomic mass is 10.0. The minimum absolute atomic E-state index is 0.0968. The van der Waals surface area contributed by atoms with E-state index in [0.29, 0.717) is 13.1 Å². The molecular formula is C16H24N2O4S. The molecule has 7 heteroatoms. The van der Waals surface area contributed by atoms with Crippen LogP contribution >= 0.6 is 11.3 Å². The van der Waals surface area contributed by atoms with Crippen LogP contribution in [-0.4, -0.2) is 46.8 Å². The monoisotopic (exact) mass is 340 g/mol. The lowest BCUT2D eigenvalue weighted by Crippen LogP contribution is -2.50. The highest BCUT2D eigenvalue weighted by Crippen LogP contribution is 2.28. The van der Waals surface area contributed by atoms with Gasteiger partial charge in [0.2, 0.25) is 0 Å². The molecule has 1 amide bonds. The van der Waals surface area contributed by atoms with Crippen molar-refractivity contribution in [2.24, 2.45) is 0 Å². The van der Waals surface area contributed by atoms with Gasteiger partial charge >= 0.3 is 12.1 Å². The Hall–Kier alpha value is -1.60. The number of thiophene rings is 1. The largest absolute Gasteiger partial charge is 0.480 e. The van der Waals surface area contributed by atoms with Crippen LogP contribution in [0.1, 0.15) is 44.5 Å². The summed E-state index contributed by atoms with van der Waals surface area (Å²) in [5.41, 5.74) is -0.543. The molecule has 128 valence electrons. The molecule has 0 radical (unpaired) electrons. The van der Waals surface area contributed by atoms with Crippen molar-refractivity contribution in [1.82, 2.24) is 10.2 Å². The number of rotatable bonds is 4. The predicted octanol–water partition coefficient (Wildman–Crippen LogP) is 2.86. The molecule has 1 aromatic heterocycles. The highest BCUT2D eigenvalue weighted by atomic mass is 32.1. The fourth-order valence-electron chi connectivity index (χ4n) is 2.74. The zero-order valence-electron chi connectivity index (χ0n) is 13.7. The third kappa shape index (κ3) is 5.21. The number of amides is 1. The molecule has 0 saturated carbocycles. The Labute approximate surface area is 140 Å². The van der Waals surface area contributed by atoms with Crippen molar-refractivity contribution >= 4 is 23.4 Å². The summed E-state index contributed by atoms with van der Waals surface area (Å²) in [5, 5.41) is 14.3. The Bertz CT molecular complexity index is 539. The summed E-state index contributed by atoms with van der Waals surface area (Å²) >= 11 is 1.44. The highest BCUT2D eigenvalue weighted by molar-refractivity contribution is 7.10. The van der Waals surface area contributed by atoms with Gasteiger partial charge in [0.25, 0.3) is 0 Å². The van der Waals surface area contributed by atoms with Crippen molar-refractivity contribution in [2.75, 3.05) is 13.1 Å². The number of nitrogens with one attached hydrogen (secondary N) is 1. The fraction of sp³-hybridized carbons (Fsp3) is 0.625. The number of alkyl carbamates (subject to hydrolysis) is 1. The van der Waals surface area contributed by atoms with E-state index in [0.717, 1.165) is 17.7 Å². The number of hydrogen-bond donors (Lipinski definition) is 2. The molecule has 0 unspecified atom stereocenters. The molecule has 2 rings (SSSR count). The van der Waals surface area contributed by atoms with Crippen LogP contribution < -0.4 is 5.32 Å². The smallest absolute Gasteiger partial charge is 0.407 e. The number of likely N-dealkylation sites (tertiary alicyclic amines) is 1. The number of hydrogen-bond acceptors (Lipinski definition) is 5. The number of ether oxygens (including phenoxy) is 1. The van der Waals surface area contributed by atoms with Gasteiger partial charge in [-0.2, -0.15) is 0 Å². The molecule has 1 aromatic rings. The molecular weight excluding hydrogens is 316 g/mol. The lowest BCUT2D eigenvalue weighted by Gasteiger charge is -2.36. The summed E-state index contributed by atoms with van der Waals surface area (Å²) in [7, 11) is 0. The fourth-order valence-corrected chi connectivity index (χ4v) is 3.59. The van der Waals surface area contributed by atoms with Crippen LogP contribution in [0.2, 0.25) is 0 Å². The van der Waals surface area contributed by atoms with Gasteiger partial charge in [0.1, 0.15) is 11.6 Å². The summed E-state index contributed by atoms with van der Waals surface area (Å²) in [6, 6.07) is 2.95. The van der Waals surface area contributed by atoms with Gasteiger partial charge in [-0.1, -0.05) is 6.07 Å². The van der Waals surface area contributed by atoms with Gasteiger partial charge < -0.3 is 15.2 Å². The van der Waals surface area contributed by atoms with E-state index in [-0.39, 0.29) is 6.04 Å². The Kier molecular flexibility index (Phi) is 5.64. The maximum absolute atomic E-state index is 11.9. The molecule has 1 aliphatic rings. The first kappa shape index (κ1) is 17.7. The van der Waals surface area contributed by atoms with Crippen LogP contribution in [0.4, 0.5) is 4.79 Å². The lowest BCUT2D eigenvalue weighted by molar-refractivity contribution is -0.144. The molecule has 1 fully saturated rings. The summed E-state index contributed by atoms with van der Waals surface area (Å²) in [4.78, 5) is 26.3. The van der Waals surface area contributed by atoms with E-state index in [4.69, 9.17) is 4.74 Å². The first-order chi connectivity index (χ1) is 10.8. The number of carboxylic acid groups (broad SMARTS) is 1. The molecule has 2 N–H and O–H groups in total. The third-order valence-electron chi connectivity index (χ3n) is 3.59. The second kappa shape index (κ2) is 7.31. The van der Waals surface area contributed by atoms with Crippen molar-refractivity contribution in [2.45, 2.75) is 51.3 Å². The minimum atomic E-state index is -0.856. The second-order valence-electron chi connectivity index (χ2n) is 6.74. The van der Waals surface area contributed by atoms with Crippen molar-refractivity contribution in [3.05, 3.63) is 22.4 Å². The van der Waals surface area contributed by atoms with Gasteiger partial charge in [-0.05, 0) is 51.6 Å². The molecule has 1 saturated heterocycles. The van der Waals surface area contributed by atoms with E-state index in [1.165, 1.54) is 11.3 Å². The second-order valence-corrected chi connectivity index (χ2v) is 7.72. The van der Waals surface area contributed by atoms with E-state index < -0.39 is 23.7 Å². The van der Waals surface area contributed by atoms with E-state index in [1.807, 2.05) is 43.2 Å². The molecule has 6 nitrogen and oxygen atoms in total. The van der Waals surface area contributed by atoms with E-state index in [2.05, 4.69) is 5.32 Å². The third-order valence-corrected chi connectivity index (χ3v) is 4.51. The standard InChI is InChI=1S/C16H24N2O4S/c1-16(2,3)22-15(21)17-11-6-4-8-18(10-11)13(14(19)20)12-7-5-9-23-12/h5,7,9,11,13H,4,6,8,10H2,1-3H3,(H,17,21)(H,19,20)/t11-,13+/m1/s1. The van der Waals surface area contributed by atoms with Gasteiger partial charge in [0.05, 0.1) is 0 Å². The van der Waals surface area contributed by atoms with Crippen LogP contribution in [0, 0.1) is 0 Å². The van der Waals surface area contributed by atoms with Crippen LogP contribution in [0.5, 0.6) is 0 Å². The molecule has 1 aliphatic heterocycles. The maximum atomic E-state index is 11.9. The maximum Gasteiger partial charge on any atom is 0.407 e. The average Bonchev–Trinajstić information content (AvgIpc) is 2.90. The minimum Gasteiger partial charge on any atom is -0.480 e. The Morgan fingerprint density at radius 3 is 2.78 bits per heavy atom. The van der Waals surface area contributed by atoms with E-state index in [9.17, 15) is 14.7 Å². The van der Waals surface area contributed by atoms with Crippen LogP contribution in [0.3, 0.4) is 0 Å². The molecule has 2 atom stereocenters. The molecule has 0 bridgehead atoms. The Morgan fingerprint density at radius 2 is 2.22 bits per heavy atom. The van der Waals surface area contributed by atoms with Crippen LogP contribution in [-0.2, 0) is 9.53 Å². The van der Waals surface area contributed by atoms with E-state index >= 15 is 0 Å². The Balaban J connectivity index is 1.99. The van der Waals surface area contributed by atoms with Crippen molar-refractivity contribution in [3.63, 3.8) is 0 Å². The highest BCUT2D eigenvalue weighted by Gasteiger charge is 2.33. The normalized spacial score (nSPS) is 20.7. The van der Waals surface area contributed by atoms with Crippen molar-refractivity contribution in [3.8, 4) is 0 Å². The van der Waals surface area contributed by atoms with Crippen molar-refractivity contribution in [1.29, 1.82) is 0 Å². The average molecular weight is 340 g/mol. The van der Waals surface area contributed by atoms with Crippen LogP contribution in [0.25, 0.3) is 0 Å². The van der Waals surface area contributed by atoms with Gasteiger partial charge in [-0.15, -0.1) is 11.3 Å². The van der Waals surface area contributed by atoms with Gasteiger partial charge in [-0.3, -0.25) is 9.69 Å². The first-order valence-corrected chi connectivity index (χ1v) is 8.64. The predicted molar refractivity (Wildman–Crippen MR) is 88.7 cm³/mol.